The smallest absolute Gasteiger partial charge is 0.445 e. The summed E-state index contributed by atoms with van der Waals surface area (Å²) < 4.78 is 41.2. The summed E-state index contributed by atoms with van der Waals surface area (Å²) in [4.78, 5) is 11.1. The van der Waals surface area contributed by atoms with E-state index in [2.05, 4.69) is 11.9 Å². The average molecular weight is 252 g/mol. The number of hydrogen-bond donors (Lipinski definition) is 1. The normalized spacial score (nSPS) is 12.1. The van der Waals surface area contributed by atoms with Crippen molar-refractivity contribution >= 4 is 13.1 Å². The zero-order valence-corrected chi connectivity index (χ0v) is 10.4. The summed E-state index contributed by atoms with van der Waals surface area (Å²) >= 11 is 0. The summed E-state index contributed by atoms with van der Waals surface area (Å²) in [6, 6.07) is 0. The van der Waals surface area contributed by atoms with Crippen molar-refractivity contribution in [2.24, 2.45) is 0 Å². The number of rotatable bonds is 5. The number of ether oxygens (including phenoxy) is 1. The first-order valence-electron chi connectivity index (χ1n) is 5.37. The fourth-order valence-electron chi connectivity index (χ4n) is 0.984. The van der Waals surface area contributed by atoms with Gasteiger partial charge < -0.3 is 23.0 Å². The van der Waals surface area contributed by atoms with Gasteiger partial charge in [0.2, 0.25) is 0 Å². The molecule has 0 unspecified atom stereocenters. The zero-order valence-electron chi connectivity index (χ0n) is 10.4. The van der Waals surface area contributed by atoms with Crippen molar-refractivity contribution in [1.82, 2.24) is 5.32 Å². The van der Waals surface area contributed by atoms with E-state index >= 15 is 0 Å². The molecule has 0 aromatic heterocycles. The first kappa shape index (κ1) is 15.9. The Morgan fingerprint density at radius 1 is 1.35 bits per heavy atom. The third-order valence-electron chi connectivity index (χ3n) is 1.81. The highest BCUT2D eigenvalue weighted by Crippen LogP contribution is 2.21. The first-order valence-corrected chi connectivity index (χ1v) is 5.37. The second-order valence-electron chi connectivity index (χ2n) is 4.77. The molecule has 0 saturated carbocycles. The standard InChI is InChI=1S/C10H18BF3NO2/c1-8(11(12,13)14)6-5-7-15-9(16)17-10(2,3)4/h1,5-7H2,2-4H3,(H,15,16)/q-1. The zero-order chi connectivity index (χ0) is 13.7. The molecule has 3 nitrogen and oxygen atoms in total. The minimum absolute atomic E-state index is 0.139. The molecule has 0 bridgehead atoms. The van der Waals surface area contributed by atoms with Crippen LogP contribution in [0.2, 0.25) is 0 Å². The minimum atomic E-state index is -4.97. The van der Waals surface area contributed by atoms with Crippen molar-refractivity contribution in [1.29, 1.82) is 0 Å². The van der Waals surface area contributed by atoms with Gasteiger partial charge in [0.1, 0.15) is 5.60 Å². The van der Waals surface area contributed by atoms with Crippen LogP contribution in [-0.4, -0.2) is 25.2 Å². The Labute approximate surface area is 99.5 Å². The molecule has 0 aliphatic heterocycles. The van der Waals surface area contributed by atoms with Crippen molar-refractivity contribution in [3.63, 3.8) is 0 Å². The van der Waals surface area contributed by atoms with Gasteiger partial charge in [-0.3, -0.25) is 0 Å². The third-order valence-corrected chi connectivity index (χ3v) is 1.81. The highest BCUT2D eigenvalue weighted by atomic mass is 19.4. The van der Waals surface area contributed by atoms with Crippen LogP contribution in [0.5, 0.6) is 0 Å². The fourth-order valence-corrected chi connectivity index (χ4v) is 0.984. The highest BCUT2D eigenvalue weighted by Gasteiger charge is 2.25. The molecule has 100 valence electrons. The van der Waals surface area contributed by atoms with Crippen LogP contribution in [-0.2, 0) is 4.74 Å². The predicted octanol–water partition coefficient (Wildman–Crippen LogP) is 3.23. The molecular formula is C10H18BF3NO2-. The number of nitrogens with one attached hydrogen (secondary N) is 1. The third kappa shape index (κ3) is 8.65. The molecule has 0 fully saturated rings. The molecule has 0 aromatic carbocycles. The van der Waals surface area contributed by atoms with Gasteiger partial charge in [-0.1, -0.05) is 6.42 Å². The lowest BCUT2D eigenvalue weighted by molar-refractivity contribution is 0.0527. The Morgan fingerprint density at radius 2 is 1.88 bits per heavy atom. The van der Waals surface area contributed by atoms with Crippen molar-refractivity contribution in [2.45, 2.75) is 39.2 Å². The van der Waals surface area contributed by atoms with E-state index in [1.54, 1.807) is 20.8 Å². The van der Waals surface area contributed by atoms with E-state index in [4.69, 9.17) is 4.74 Å². The van der Waals surface area contributed by atoms with E-state index in [0.717, 1.165) is 0 Å². The van der Waals surface area contributed by atoms with Crippen molar-refractivity contribution < 1.29 is 22.5 Å². The Balaban J connectivity index is 3.73. The summed E-state index contributed by atoms with van der Waals surface area (Å²) in [5.41, 5.74) is -1.33. The van der Waals surface area contributed by atoms with Gasteiger partial charge in [-0.25, -0.2) is 4.79 Å². The van der Waals surface area contributed by atoms with Crippen molar-refractivity contribution in [3.05, 3.63) is 12.1 Å². The molecule has 17 heavy (non-hydrogen) atoms. The summed E-state index contributed by atoms with van der Waals surface area (Å²) in [6.07, 6.45) is -0.598. The molecule has 0 spiro atoms. The van der Waals surface area contributed by atoms with Crippen molar-refractivity contribution in [2.75, 3.05) is 6.54 Å². The minimum Gasteiger partial charge on any atom is -0.445 e. The summed E-state index contributed by atoms with van der Waals surface area (Å²) in [5.74, 6) is 0. The van der Waals surface area contributed by atoms with Gasteiger partial charge in [0.05, 0.1) is 0 Å². The molecule has 0 heterocycles. The van der Waals surface area contributed by atoms with Gasteiger partial charge in [0, 0.05) is 6.54 Å². The molecule has 0 aromatic rings. The summed E-state index contributed by atoms with van der Waals surface area (Å²) in [7, 11) is 0. The van der Waals surface area contributed by atoms with Crippen LogP contribution in [0.1, 0.15) is 33.6 Å². The maximum Gasteiger partial charge on any atom is 0.505 e. The van der Waals surface area contributed by atoms with Gasteiger partial charge in [0.25, 0.3) is 0 Å². The molecule has 0 saturated heterocycles. The Hall–Kier alpha value is -1.14. The molecule has 0 aliphatic carbocycles. The largest absolute Gasteiger partial charge is 0.505 e. The first-order chi connectivity index (χ1) is 7.52. The second kappa shape index (κ2) is 5.98. The molecule has 0 rings (SSSR count). The topological polar surface area (TPSA) is 38.3 Å². The SMILES string of the molecule is C=C(CCCNC(=O)OC(C)(C)C)[B-](F)(F)F. The van der Waals surface area contributed by atoms with E-state index in [9.17, 15) is 17.7 Å². The lowest BCUT2D eigenvalue weighted by atomic mass is 9.78. The number of alkyl carbamates (subject to hydrolysis) is 1. The molecule has 0 radical (unpaired) electrons. The highest BCUT2D eigenvalue weighted by molar-refractivity contribution is 6.66. The Bertz CT molecular complexity index is 284. The number of amides is 1. The predicted molar refractivity (Wildman–Crippen MR) is 61.7 cm³/mol. The molecule has 1 amide bonds. The lowest BCUT2D eigenvalue weighted by Gasteiger charge is -2.20. The van der Waals surface area contributed by atoms with Crippen LogP contribution in [0.4, 0.5) is 17.7 Å². The molecular weight excluding hydrogens is 234 g/mol. The van der Waals surface area contributed by atoms with Crippen LogP contribution >= 0.6 is 0 Å². The van der Waals surface area contributed by atoms with Gasteiger partial charge in [-0.15, -0.1) is 12.1 Å². The lowest BCUT2D eigenvalue weighted by Crippen LogP contribution is -2.33. The van der Waals surface area contributed by atoms with Crippen molar-refractivity contribution in [3.8, 4) is 0 Å². The monoisotopic (exact) mass is 252 g/mol. The number of allylic oxidation sites excluding steroid dienone is 1. The quantitative estimate of drug-likeness (QED) is 0.602. The fraction of sp³-hybridized carbons (Fsp3) is 0.700. The number of carbonyl (C=O) groups excluding carboxylic acids is 1. The number of hydrogen-bond acceptors (Lipinski definition) is 2. The Kier molecular flexibility index (Phi) is 5.58. The molecule has 1 N–H and O–H groups in total. The average Bonchev–Trinajstić information content (AvgIpc) is 2.07. The summed E-state index contributed by atoms with van der Waals surface area (Å²) in [5, 5.41) is 2.38. The van der Waals surface area contributed by atoms with E-state index in [1.165, 1.54) is 0 Å². The molecule has 7 heteroatoms. The maximum absolute atomic E-state index is 12.1. The van der Waals surface area contributed by atoms with E-state index < -0.39 is 24.1 Å². The molecule has 0 atom stereocenters. The summed E-state index contributed by atoms with van der Waals surface area (Å²) in [6.45, 7) is 3.26. The van der Waals surface area contributed by atoms with Gasteiger partial charge >= 0.3 is 13.1 Å². The van der Waals surface area contributed by atoms with Gasteiger partial charge in [0.15, 0.2) is 0 Å². The van der Waals surface area contributed by atoms with E-state index in [1.807, 2.05) is 0 Å². The van der Waals surface area contributed by atoms with E-state index in [-0.39, 0.29) is 19.4 Å². The number of halogens is 3. The van der Waals surface area contributed by atoms with Crippen LogP contribution in [0.25, 0.3) is 0 Å². The van der Waals surface area contributed by atoms with Crippen LogP contribution in [0.3, 0.4) is 0 Å². The van der Waals surface area contributed by atoms with Crippen LogP contribution < -0.4 is 5.32 Å². The second-order valence-corrected chi connectivity index (χ2v) is 4.77. The molecule has 0 aliphatic rings. The van der Waals surface area contributed by atoms with Gasteiger partial charge in [-0.2, -0.15) is 0 Å². The Morgan fingerprint density at radius 3 is 2.29 bits per heavy atom. The maximum atomic E-state index is 12.1. The van der Waals surface area contributed by atoms with E-state index in [0.29, 0.717) is 0 Å². The number of carbonyl (C=O) groups is 1. The van der Waals surface area contributed by atoms with Crippen LogP contribution in [0, 0.1) is 0 Å². The van der Waals surface area contributed by atoms with Gasteiger partial charge in [-0.05, 0) is 27.2 Å². The van der Waals surface area contributed by atoms with Crippen LogP contribution in [0.15, 0.2) is 12.1 Å².